The number of hydrogen-bond donors (Lipinski definition) is 1. The summed E-state index contributed by atoms with van der Waals surface area (Å²) in [6.07, 6.45) is 4.49. The summed E-state index contributed by atoms with van der Waals surface area (Å²) in [5.41, 5.74) is 3.94. The fraction of sp³-hybridized carbons (Fsp3) is 0.458. The van der Waals surface area contributed by atoms with Gasteiger partial charge in [0.05, 0.1) is 7.11 Å². The van der Waals surface area contributed by atoms with Crippen LogP contribution in [0.2, 0.25) is 0 Å². The summed E-state index contributed by atoms with van der Waals surface area (Å²) in [4.78, 5) is 13.2. The van der Waals surface area contributed by atoms with Gasteiger partial charge in [-0.05, 0) is 48.6 Å². The van der Waals surface area contributed by atoms with Crippen molar-refractivity contribution < 1.29 is 9.47 Å². The van der Waals surface area contributed by atoms with Gasteiger partial charge < -0.3 is 14.5 Å². The number of aromatic nitrogens is 2. The Morgan fingerprint density at radius 3 is 2.53 bits per heavy atom. The first-order chi connectivity index (χ1) is 14.8. The van der Waals surface area contributed by atoms with Gasteiger partial charge in [0.2, 0.25) is 0 Å². The summed E-state index contributed by atoms with van der Waals surface area (Å²) in [5.74, 6) is 2.32. The summed E-state index contributed by atoms with van der Waals surface area (Å²) in [7, 11) is 1.68. The quantitative estimate of drug-likeness (QED) is 0.619. The number of aromatic amines is 1. The summed E-state index contributed by atoms with van der Waals surface area (Å²) < 4.78 is 11.3. The lowest BCUT2D eigenvalue weighted by Crippen LogP contribution is -2.47. The molecule has 0 unspecified atom stereocenters. The van der Waals surface area contributed by atoms with E-state index < -0.39 is 0 Å². The fourth-order valence-electron chi connectivity index (χ4n) is 4.40. The molecule has 1 aliphatic carbocycles. The number of benzene rings is 1. The summed E-state index contributed by atoms with van der Waals surface area (Å²) in [5, 5.41) is 1.30. The average Bonchev–Trinajstić information content (AvgIpc) is 3.58. The number of para-hydroxylation sites is 2. The van der Waals surface area contributed by atoms with Crippen LogP contribution in [0, 0.1) is 0 Å². The van der Waals surface area contributed by atoms with E-state index in [0.29, 0.717) is 12.5 Å². The molecule has 0 radical (unpaired) electrons. The van der Waals surface area contributed by atoms with Crippen molar-refractivity contribution in [3.05, 3.63) is 53.9 Å². The number of ether oxygens (including phenoxy) is 2. The lowest BCUT2D eigenvalue weighted by molar-refractivity contribution is 0.112. The second-order valence-electron chi connectivity index (χ2n) is 8.31. The first-order valence-electron chi connectivity index (χ1n) is 11.0. The van der Waals surface area contributed by atoms with E-state index in [-0.39, 0.29) is 0 Å². The monoisotopic (exact) mass is 406 g/mol. The Hall–Kier alpha value is -2.57. The Balaban J connectivity index is 1.14. The molecular formula is C24H30N4O2. The van der Waals surface area contributed by atoms with Crippen molar-refractivity contribution in [3.8, 4) is 11.5 Å². The highest BCUT2D eigenvalue weighted by molar-refractivity contribution is 5.81. The minimum Gasteiger partial charge on any atom is -0.493 e. The normalized spacial score (nSPS) is 18.0. The number of H-pyrrole nitrogens is 1. The van der Waals surface area contributed by atoms with Crippen LogP contribution in [0.5, 0.6) is 11.5 Å². The largest absolute Gasteiger partial charge is 0.493 e. The molecule has 3 aromatic rings. The van der Waals surface area contributed by atoms with Gasteiger partial charge in [0.15, 0.2) is 11.5 Å². The zero-order chi connectivity index (χ0) is 20.3. The van der Waals surface area contributed by atoms with Gasteiger partial charge in [0, 0.05) is 56.5 Å². The van der Waals surface area contributed by atoms with Crippen molar-refractivity contribution in [2.24, 2.45) is 0 Å². The first-order valence-corrected chi connectivity index (χ1v) is 11.0. The van der Waals surface area contributed by atoms with Crippen LogP contribution in [0.4, 0.5) is 0 Å². The maximum absolute atomic E-state index is 5.95. The lowest BCUT2D eigenvalue weighted by atomic mass is 10.1. The fourth-order valence-corrected chi connectivity index (χ4v) is 4.40. The van der Waals surface area contributed by atoms with Gasteiger partial charge in [-0.3, -0.25) is 9.80 Å². The third-order valence-electron chi connectivity index (χ3n) is 6.28. The molecule has 2 fully saturated rings. The summed E-state index contributed by atoms with van der Waals surface area (Å²) >= 11 is 0. The molecule has 0 atom stereocenters. The zero-order valence-corrected chi connectivity index (χ0v) is 17.6. The van der Waals surface area contributed by atoms with Gasteiger partial charge in [-0.1, -0.05) is 12.1 Å². The predicted octanol–water partition coefficient (Wildman–Crippen LogP) is 3.65. The van der Waals surface area contributed by atoms with Crippen molar-refractivity contribution in [3.63, 3.8) is 0 Å². The van der Waals surface area contributed by atoms with Crippen molar-refractivity contribution in [1.29, 1.82) is 0 Å². The number of rotatable bonds is 8. The molecule has 2 aromatic heterocycles. The van der Waals surface area contributed by atoms with Gasteiger partial charge >= 0.3 is 0 Å². The molecule has 2 aliphatic rings. The van der Waals surface area contributed by atoms with Gasteiger partial charge in [0.1, 0.15) is 12.3 Å². The molecule has 3 heterocycles. The summed E-state index contributed by atoms with van der Waals surface area (Å²) in [6.45, 7) is 6.97. The topological polar surface area (TPSA) is 53.6 Å². The van der Waals surface area contributed by atoms with Crippen LogP contribution < -0.4 is 9.47 Å². The Bertz CT molecular complexity index is 990. The molecule has 6 nitrogen and oxygen atoms in total. The van der Waals surface area contributed by atoms with E-state index in [0.717, 1.165) is 56.4 Å². The third kappa shape index (κ3) is 4.16. The average molecular weight is 407 g/mol. The van der Waals surface area contributed by atoms with E-state index in [4.69, 9.17) is 9.47 Å². The van der Waals surface area contributed by atoms with E-state index in [2.05, 4.69) is 31.9 Å². The number of piperazine rings is 1. The van der Waals surface area contributed by atoms with Gasteiger partial charge in [-0.25, -0.2) is 4.98 Å². The van der Waals surface area contributed by atoms with Crippen LogP contribution in [0.15, 0.2) is 42.6 Å². The van der Waals surface area contributed by atoms with Crippen molar-refractivity contribution in [2.45, 2.75) is 25.3 Å². The molecule has 1 saturated heterocycles. The minimum atomic E-state index is 0.681. The number of pyridine rings is 1. The van der Waals surface area contributed by atoms with E-state index in [1.54, 1.807) is 7.11 Å². The standard InChI is InChI=1S/C24H30N4O2/c1-29-21-6-2-3-7-22(21)30-16-15-27-11-13-28(14-12-27)17-20-19-5-4-10-25-24(19)26-23(20)18-8-9-18/h2-7,10,18H,8-9,11-17H2,1H3,(H,25,26). The number of nitrogens with one attached hydrogen (secondary N) is 1. The minimum absolute atomic E-state index is 0.681. The third-order valence-corrected chi connectivity index (χ3v) is 6.28. The van der Waals surface area contributed by atoms with Crippen LogP contribution in [0.1, 0.15) is 30.0 Å². The van der Waals surface area contributed by atoms with Gasteiger partial charge in [-0.15, -0.1) is 0 Å². The number of methoxy groups -OCH3 is 1. The van der Waals surface area contributed by atoms with E-state index in [9.17, 15) is 0 Å². The molecule has 1 saturated carbocycles. The first kappa shape index (κ1) is 19.4. The van der Waals surface area contributed by atoms with E-state index in [1.807, 2.05) is 30.5 Å². The Kier molecular flexibility index (Phi) is 5.60. The number of nitrogens with zero attached hydrogens (tertiary/aromatic N) is 3. The molecule has 1 aromatic carbocycles. The zero-order valence-electron chi connectivity index (χ0n) is 17.6. The molecule has 1 aliphatic heterocycles. The van der Waals surface area contributed by atoms with Gasteiger partial charge in [-0.2, -0.15) is 0 Å². The molecule has 1 N–H and O–H groups in total. The number of fused-ring (bicyclic) bond motifs is 1. The molecule has 6 heteroatoms. The molecule has 0 spiro atoms. The van der Waals surface area contributed by atoms with Crippen LogP contribution in [0.3, 0.4) is 0 Å². The maximum Gasteiger partial charge on any atom is 0.161 e. The Morgan fingerprint density at radius 1 is 1.00 bits per heavy atom. The highest BCUT2D eigenvalue weighted by atomic mass is 16.5. The van der Waals surface area contributed by atoms with Gasteiger partial charge in [0.25, 0.3) is 0 Å². The van der Waals surface area contributed by atoms with Crippen LogP contribution >= 0.6 is 0 Å². The highest BCUT2D eigenvalue weighted by Gasteiger charge is 2.30. The maximum atomic E-state index is 5.95. The second-order valence-corrected chi connectivity index (χ2v) is 8.31. The van der Waals surface area contributed by atoms with Crippen LogP contribution in [0.25, 0.3) is 11.0 Å². The van der Waals surface area contributed by atoms with E-state index >= 15 is 0 Å². The lowest BCUT2D eigenvalue weighted by Gasteiger charge is -2.34. The number of hydrogen-bond acceptors (Lipinski definition) is 5. The molecule has 5 rings (SSSR count). The smallest absolute Gasteiger partial charge is 0.161 e. The van der Waals surface area contributed by atoms with Crippen molar-refractivity contribution in [2.75, 3.05) is 46.4 Å². The SMILES string of the molecule is COc1ccccc1OCCN1CCN(Cc2c(C3CC3)[nH]c3ncccc23)CC1. The van der Waals surface area contributed by atoms with Crippen molar-refractivity contribution in [1.82, 2.24) is 19.8 Å². The van der Waals surface area contributed by atoms with Crippen molar-refractivity contribution >= 4 is 11.0 Å². The molecule has 0 amide bonds. The van der Waals surface area contributed by atoms with Crippen LogP contribution in [-0.2, 0) is 6.54 Å². The molecule has 30 heavy (non-hydrogen) atoms. The molecule has 158 valence electrons. The Morgan fingerprint density at radius 2 is 1.77 bits per heavy atom. The second kappa shape index (κ2) is 8.66. The highest BCUT2D eigenvalue weighted by Crippen LogP contribution is 2.43. The predicted molar refractivity (Wildman–Crippen MR) is 118 cm³/mol. The van der Waals surface area contributed by atoms with E-state index in [1.165, 1.54) is 29.5 Å². The van der Waals surface area contributed by atoms with Crippen LogP contribution in [-0.4, -0.2) is 66.2 Å². The Labute approximate surface area is 177 Å². The molecule has 0 bridgehead atoms. The summed E-state index contributed by atoms with van der Waals surface area (Å²) in [6, 6.07) is 12.1. The molecular weight excluding hydrogens is 376 g/mol.